The normalized spacial score (nSPS) is 10.6. The molecule has 2 amide bonds. The molecule has 6 heteroatoms. The maximum atomic E-state index is 12.6. The summed E-state index contributed by atoms with van der Waals surface area (Å²) in [5, 5.41) is 2.83. The highest BCUT2D eigenvalue weighted by atomic mass is 16.2. The Kier molecular flexibility index (Phi) is 4.43. The molecular weight excluding hydrogens is 316 g/mol. The van der Waals surface area contributed by atoms with Crippen LogP contribution in [0.4, 0.5) is 5.69 Å². The largest absolute Gasteiger partial charge is 0.369 e. The molecule has 0 atom stereocenters. The van der Waals surface area contributed by atoms with E-state index < -0.39 is 5.91 Å². The van der Waals surface area contributed by atoms with Crippen molar-refractivity contribution >= 4 is 28.5 Å². The van der Waals surface area contributed by atoms with Gasteiger partial charge in [0.2, 0.25) is 5.91 Å². The molecule has 3 N–H and O–H groups in total. The smallest absolute Gasteiger partial charge is 0.255 e. The minimum atomic E-state index is -0.450. The van der Waals surface area contributed by atoms with Crippen LogP contribution in [0.1, 0.15) is 27.3 Å². The Morgan fingerprint density at radius 2 is 1.68 bits per heavy atom. The van der Waals surface area contributed by atoms with Crippen LogP contribution < -0.4 is 11.1 Å². The number of nitrogens with zero attached hydrogens (tertiary/aromatic N) is 2. The molecule has 0 aliphatic carbocycles. The number of carbonyl (C=O) groups excluding carboxylic acids is 2. The van der Waals surface area contributed by atoms with Crippen molar-refractivity contribution in [1.29, 1.82) is 0 Å². The van der Waals surface area contributed by atoms with Crippen molar-refractivity contribution in [3.05, 3.63) is 65.0 Å². The monoisotopic (exact) mass is 334 g/mol. The number of benzene rings is 2. The number of hydrogen-bond acceptors (Lipinski definition) is 4. The Hall–Kier alpha value is -3.28. The van der Waals surface area contributed by atoms with Gasteiger partial charge < -0.3 is 11.1 Å². The van der Waals surface area contributed by atoms with Crippen LogP contribution in [0.15, 0.2) is 42.5 Å². The third-order valence-corrected chi connectivity index (χ3v) is 3.97. The van der Waals surface area contributed by atoms with Crippen molar-refractivity contribution in [2.24, 2.45) is 5.73 Å². The number of amides is 2. The SMILES string of the molecule is Cc1nc2ccc(C(=O)Nc3ccccc3CC(N)=O)cc2nc1C. The lowest BCUT2D eigenvalue weighted by molar-refractivity contribution is -0.117. The number of aromatic nitrogens is 2. The van der Waals surface area contributed by atoms with Gasteiger partial charge in [0.25, 0.3) is 5.91 Å². The molecule has 3 rings (SSSR count). The van der Waals surface area contributed by atoms with Gasteiger partial charge in [-0.15, -0.1) is 0 Å². The number of fused-ring (bicyclic) bond motifs is 1. The summed E-state index contributed by atoms with van der Waals surface area (Å²) in [5.41, 5.74) is 10.1. The van der Waals surface area contributed by atoms with E-state index in [1.165, 1.54) is 0 Å². The first kappa shape index (κ1) is 16.6. The molecule has 0 unspecified atom stereocenters. The van der Waals surface area contributed by atoms with Gasteiger partial charge >= 0.3 is 0 Å². The van der Waals surface area contributed by atoms with Gasteiger partial charge in [0.15, 0.2) is 0 Å². The standard InChI is InChI=1S/C19H18N4O2/c1-11-12(2)22-17-9-14(7-8-16(17)21-11)19(25)23-15-6-4-3-5-13(15)10-18(20)24/h3-9H,10H2,1-2H3,(H2,20,24)(H,23,25). The Bertz CT molecular complexity index is 982. The lowest BCUT2D eigenvalue weighted by Crippen LogP contribution is -2.17. The first-order valence-electron chi connectivity index (χ1n) is 7.86. The number of para-hydroxylation sites is 1. The zero-order chi connectivity index (χ0) is 18.0. The van der Waals surface area contributed by atoms with Crippen LogP contribution in [0.2, 0.25) is 0 Å². The van der Waals surface area contributed by atoms with Crippen molar-refractivity contribution in [3.8, 4) is 0 Å². The van der Waals surface area contributed by atoms with Gasteiger partial charge in [-0.05, 0) is 43.7 Å². The lowest BCUT2D eigenvalue weighted by Gasteiger charge is -2.10. The minimum absolute atomic E-state index is 0.0676. The third-order valence-electron chi connectivity index (χ3n) is 3.97. The summed E-state index contributed by atoms with van der Waals surface area (Å²) in [6, 6.07) is 12.3. The summed E-state index contributed by atoms with van der Waals surface area (Å²) >= 11 is 0. The fourth-order valence-electron chi connectivity index (χ4n) is 2.55. The molecule has 0 radical (unpaired) electrons. The van der Waals surface area contributed by atoms with Crippen LogP contribution in [0.3, 0.4) is 0 Å². The third kappa shape index (κ3) is 3.63. The van der Waals surface area contributed by atoms with E-state index in [-0.39, 0.29) is 12.3 Å². The Balaban J connectivity index is 1.90. The van der Waals surface area contributed by atoms with Crippen LogP contribution in [-0.2, 0) is 11.2 Å². The second-order valence-electron chi connectivity index (χ2n) is 5.85. The van der Waals surface area contributed by atoms with Crippen molar-refractivity contribution in [2.75, 3.05) is 5.32 Å². The highest BCUT2D eigenvalue weighted by Crippen LogP contribution is 2.19. The molecule has 0 aliphatic heterocycles. The van der Waals surface area contributed by atoms with Crippen LogP contribution >= 0.6 is 0 Å². The molecule has 3 aromatic rings. The highest BCUT2D eigenvalue weighted by molar-refractivity contribution is 6.06. The van der Waals surface area contributed by atoms with Gasteiger partial charge in [-0.25, -0.2) is 9.97 Å². The molecule has 1 heterocycles. The molecular formula is C19H18N4O2. The average molecular weight is 334 g/mol. The van der Waals surface area contributed by atoms with E-state index in [0.29, 0.717) is 22.3 Å². The fraction of sp³-hybridized carbons (Fsp3) is 0.158. The van der Waals surface area contributed by atoms with Gasteiger partial charge in [-0.3, -0.25) is 9.59 Å². The summed E-state index contributed by atoms with van der Waals surface area (Å²) in [6.45, 7) is 3.78. The van der Waals surface area contributed by atoms with E-state index in [4.69, 9.17) is 5.73 Å². The van der Waals surface area contributed by atoms with Crippen LogP contribution in [0, 0.1) is 13.8 Å². The molecule has 2 aromatic carbocycles. The van der Waals surface area contributed by atoms with E-state index in [2.05, 4.69) is 15.3 Å². The summed E-state index contributed by atoms with van der Waals surface area (Å²) in [5.74, 6) is -0.729. The van der Waals surface area contributed by atoms with Crippen LogP contribution in [0.25, 0.3) is 11.0 Å². The number of carbonyl (C=O) groups is 2. The number of aryl methyl sites for hydroxylation is 2. The van der Waals surface area contributed by atoms with Crippen molar-refractivity contribution in [2.45, 2.75) is 20.3 Å². The number of hydrogen-bond donors (Lipinski definition) is 2. The van der Waals surface area contributed by atoms with Gasteiger partial charge in [0, 0.05) is 11.3 Å². The van der Waals surface area contributed by atoms with Crippen molar-refractivity contribution in [1.82, 2.24) is 9.97 Å². The van der Waals surface area contributed by atoms with Crippen molar-refractivity contribution < 1.29 is 9.59 Å². The summed E-state index contributed by atoms with van der Waals surface area (Å²) < 4.78 is 0. The van der Waals surface area contributed by atoms with E-state index in [9.17, 15) is 9.59 Å². The Morgan fingerprint density at radius 1 is 1.00 bits per heavy atom. The summed E-state index contributed by atoms with van der Waals surface area (Å²) in [7, 11) is 0. The first-order valence-corrected chi connectivity index (χ1v) is 7.86. The van der Waals surface area contributed by atoms with Gasteiger partial charge in [-0.1, -0.05) is 18.2 Å². The van der Waals surface area contributed by atoms with Gasteiger partial charge in [-0.2, -0.15) is 0 Å². The molecule has 0 saturated heterocycles. The number of rotatable bonds is 4. The fourth-order valence-corrected chi connectivity index (χ4v) is 2.55. The second kappa shape index (κ2) is 6.68. The molecule has 1 aromatic heterocycles. The van der Waals surface area contributed by atoms with Gasteiger partial charge in [0.1, 0.15) is 0 Å². The second-order valence-corrected chi connectivity index (χ2v) is 5.85. The van der Waals surface area contributed by atoms with E-state index >= 15 is 0 Å². The Labute approximate surface area is 145 Å². The topological polar surface area (TPSA) is 98.0 Å². The molecule has 0 spiro atoms. The lowest BCUT2D eigenvalue weighted by atomic mass is 10.1. The maximum Gasteiger partial charge on any atom is 0.255 e. The molecule has 6 nitrogen and oxygen atoms in total. The summed E-state index contributed by atoms with van der Waals surface area (Å²) in [4.78, 5) is 32.7. The first-order chi connectivity index (χ1) is 11.9. The molecule has 0 saturated carbocycles. The van der Waals surface area contributed by atoms with E-state index in [1.54, 1.807) is 42.5 Å². The van der Waals surface area contributed by atoms with Crippen LogP contribution in [-0.4, -0.2) is 21.8 Å². The Morgan fingerprint density at radius 3 is 2.40 bits per heavy atom. The number of primary amides is 1. The van der Waals surface area contributed by atoms with E-state index in [0.717, 1.165) is 16.9 Å². The molecule has 25 heavy (non-hydrogen) atoms. The number of nitrogens with one attached hydrogen (secondary N) is 1. The van der Waals surface area contributed by atoms with Crippen LogP contribution in [0.5, 0.6) is 0 Å². The zero-order valence-corrected chi connectivity index (χ0v) is 14.0. The van der Waals surface area contributed by atoms with Crippen molar-refractivity contribution in [3.63, 3.8) is 0 Å². The maximum absolute atomic E-state index is 12.6. The average Bonchev–Trinajstić information content (AvgIpc) is 2.57. The molecule has 0 aliphatic rings. The summed E-state index contributed by atoms with van der Waals surface area (Å²) in [6.07, 6.45) is 0.0676. The minimum Gasteiger partial charge on any atom is -0.369 e. The van der Waals surface area contributed by atoms with E-state index in [1.807, 2.05) is 13.8 Å². The highest BCUT2D eigenvalue weighted by Gasteiger charge is 2.12. The molecule has 0 bridgehead atoms. The predicted octanol–water partition coefficient (Wildman–Crippen LogP) is 2.53. The quantitative estimate of drug-likeness (QED) is 0.766. The molecule has 0 fully saturated rings. The zero-order valence-electron chi connectivity index (χ0n) is 14.0. The number of nitrogens with two attached hydrogens (primary N) is 1. The predicted molar refractivity (Wildman–Crippen MR) is 96.3 cm³/mol. The number of anilines is 1. The van der Waals surface area contributed by atoms with Gasteiger partial charge in [0.05, 0.1) is 28.8 Å². The molecule has 126 valence electrons.